The van der Waals surface area contributed by atoms with Gasteiger partial charge in [0, 0.05) is 11.1 Å². The van der Waals surface area contributed by atoms with E-state index in [-0.39, 0.29) is 0 Å². The molecule has 0 aliphatic carbocycles. The van der Waals surface area contributed by atoms with Crippen LogP contribution in [0, 0.1) is 0 Å². The number of hydrogen-bond donors (Lipinski definition) is 0. The van der Waals surface area contributed by atoms with Gasteiger partial charge in [0.15, 0.2) is 0 Å². The van der Waals surface area contributed by atoms with Crippen molar-refractivity contribution in [1.29, 1.82) is 0 Å². The summed E-state index contributed by atoms with van der Waals surface area (Å²) in [5, 5.41) is 3.45. The van der Waals surface area contributed by atoms with Crippen molar-refractivity contribution in [3.05, 3.63) is 21.9 Å². The van der Waals surface area contributed by atoms with Crippen LogP contribution in [-0.2, 0) is 0 Å². The quantitative estimate of drug-likeness (QED) is 0.590. The van der Waals surface area contributed by atoms with Crippen LogP contribution in [0.25, 0.3) is 0 Å². The van der Waals surface area contributed by atoms with Crippen molar-refractivity contribution in [3.8, 4) is 0 Å². The van der Waals surface area contributed by atoms with Gasteiger partial charge in [-0.25, -0.2) is 0 Å². The fourth-order valence-electron chi connectivity index (χ4n) is 0.105. The highest BCUT2D eigenvalue weighted by Gasteiger charge is 1.63. The third-order valence-corrected chi connectivity index (χ3v) is 1.40. The van der Waals surface area contributed by atoms with Crippen LogP contribution in [0.1, 0.15) is 0 Å². The van der Waals surface area contributed by atoms with Crippen molar-refractivity contribution in [1.82, 2.24) is 0 Å². The van der Waals surface area contributed by atoms with E-state index in [1.807, 2.05) is 0 Å². The molecular formula is C4H4Cl2S. The molecule has 0 aromatic carbocycles. The van der Waals surface area contributed by atoms with Crippen molar-refractivity contribution in [3.63, 3.8) is 0 Å². The molecule has 0 radical (unpaired) electrons. The number of thioether (sulfide) groups is 1. The Kier molecular flexibility index (Phi) is 6.79. The maximum atomic E-state index is 5.16. The first-order chi connectivity index (χ1) is 3.41. The monoisotopic (exact) mass is 154 g/mol. The molecular weight excluding hydrogens is 151 g/mol. The molecule has 40 valence electrons. The average molecular weight is 155 g/mol. The molecule has 0 aromatic heterocycles. The third-order valence-electron chi connectivity index (χ3n) is 0.260. The largest absolute Gasteiger partial charge is 0.104 e. The smallest absolute Gasteiger partial charge is 0.0109 e. The zero-order chi connectivity index (χ0) is 5.54. The van der Waals surface area contributed by atoms with Crippen molar-refractivity contribution in [2.45, 2.75) is 0 Å². The highest BCUT2D eigenvalue weighted by molar-refractivity contribution is 8.04. The van der Waals surface area contributed by atoms with Crippen molar-refractivity contribution in [2.75, 3.05) is 0 Å². The molecule has 0 saturated carbocycles. The molecule has 0 nitrogen and oxygen atoms in total. The zero-order valence-corrected chi connectivity index (χ0v) is 5.80. The van der Waals surface area contributed by atoms with Crippen molar-refractivity contribution >= 4 is 35.0 Å². The molecule has 0 unspecified atom stereocenters. The van der Waals surface area contributed by atoms with Gasteiger partial charge in [0.1, 0.15) is 0 Å². The SMILES string of the molecule is Cl/C=C/S/C=C/Cl. The Hall–Kier alpha value is 0.410. The Morgan fingerprint density at radius 3 is 1.71 bits per heavy atom. The Bertz CT molecular complexity index is 67.8. The summed E-state index contributed by atoms with van der Waals surface area (Å²) in [5.41, 5.74) is 2.86. The molecule has 3 heteroatoms. The summed E-state index contributed by atoms with van der Waals surface area (Å²) in [4.78, 5) is 0. The molecule has 0 bridgehead atoms. The van der Waals surface area contributed by atoms with Gasteiger partial charge in [-0.05, 0) is 10.8 Å². The van der Waals surface area contributed by atoms with Gasteiger partial charge in [0.2, 0.25) is 0 Å². The minimum Gasteiger partial charge on any atom is -0.104 e. The van der Waals surface area contributed by atoms with Crippen LogP contribution in [0.3, 0.4) is 0 Å². The number of halogens is 2. The standard InChI is InChI=1S/C4H4Cl2S/c5-1-3-7-4-2-6/h1-4H/b3-1+,4-2+. The van der Waals surface area contributed by atoms with Crippen LogP contribution in [0.2, 0.25) is 0 Å². The summed E-state index contributed by atoms with van der Waals surface area (Å²) in [5.74, 6) is 0. The van der Waals surface area contributed by atoms with E-state index < -0.39 is 0 Å². The van der Waals surface area contributed by atoms with Gasteiger partial charge in [-0.1, -0.05) is 23.2 Å². The number of rotatable bonds is 2. The van der Waals surface area contributed by atoms with Crippen LogP contribution < -0.4 is 0 Å². The fourth-order valence-corrected chi connectivity index (χ4v) is 0.671. The maximum Gasteiger partial charge on any atom is 0.0109 e. The molecule has 0 aliphatic heterocycles. The molecule has 0 spiro atoms. The first-order valence-electron chi connectivity index (χ1n) is 1.57. The molecule has 7 heavy (non-hydrogen) atoms. The minimum absolute atomic E-state index is 1.43. The Labute approximate surface area is 57.2 Å². The predicted octanol–water partition coefficient (Wildman–Crippen LogP) is 3.14. The second-order valence-corrected chi connectivity index (χ2v) is 1.98. The lowest BCUT2D eigenvalue weighted by molar-refractivity contribution is 2.46. The fraction of sp³-hybridized carbons (Fsp3) is 0. The van der Waals surface area contributed by atoms with Gasteiger partial charge in [-0.2, -0.15) is 0 Å². The van der Waals surface area contributed by atoms with E-state index >= 15 is 0 Å². The zero-order valence-electron chi connectivity index (χ0n) is 3.47. The van der Waals surface area contributed by atoms with E-state index in [2.05, 4.69) is 0 Å². The lowest BCUT2D eigenvalue weighted by atomic mass is 11.2. The van der Waals surface area contributed by atoms with Crippen LogP contribution >= 0.6 is 35.0 Å². The summed E-state index contributed by atoms with van der Waals surface area (Å²) in [6, 6.07) is 0. The Morgan fingerprint density at radius 1 is 1.00 bits per heavy atom. The first kappa shape index (κ1) is 7.41. The van der Waals surface area contributed by atoms with Crippen molar-refractivity contribution < 1.29 is 0 Å². The second kappa shape index (κ2) is 6.41. The Morgan fingerprint density at radius 2 is 1.43 bits per heavy atom. The van der Waals surface area contributed by atoms with Crippen LogP contribution in [0.4, 0.5) is 0 Å². The molecule has 0 N–H and O–H groups in total. The highest BCUT2D eigenvalue weighted by atomic mass is 35.5. The summed E-state index contributed by atoms with van der Waals surface area (Å²) in [7, 11) is 0. The summed E-state index contributed by atoms with van der Waals surface area (Å²) >= 11 is 11.7. The molecule has 0 saturated heterocycles. The van der Waals surface area contributed by atoms with Gasteiger partial charge in [0.05, 0.1) is 0 Å². The molecule has 0 aromatic rings. The van der Waals surface area contributed by atoms with Gasteiger partial charge in [0.25, 0.3) is 0 Å². The van der Waals surface area contributed by atoms with Gasteiger partial charge in [-0.3, -0.25) is 0 Å². The van der Waals surface area contributed by atoms with E-state index in [9.17, 15) is 0 Å². The van der Waals surface area contributed by atoms with E-state index in [0.29, 0.717) is 0 Å². The summed E-state index contributed by atoms with van der Waals surface area (Å²) < 4.78 is 0. The second-order valence-electron chi connectivity index (χ2n) is 0.660. The predicted molar refractivity (Wildman–Crippen MR) is 37.6 cm³/mol. The van der Waals surface area contributed by atoms with Crippen LogP contribution in [-0.4, -0.2) is 0 Å². The number of hydrogen-bond acceptors (Lipinski definition) is 1. The maximum absolute atomic E-state index is 5.16. The van der Waals surface area contributed by atoms with Crippen LogP contribution in [0.15, 0.2) is 21.9 Å². The third kappa shape index (κ3) is 6.41. The molecule has 0 rings (SSSR count). The molecule has 0 heterocycles. The van der Waals surface area contributed by atoms with Crippen molar-refractivity contribution in [2.24, 2.45) is 0 Å². The van der Waals surface area contributed by atoms with Gasteiger partial charge in [-0.15, -0.1) is 11.8 Å². The van der Waals surface area contributed by atoms with Crippen LogP contribution in [0.5, 0.6) is 0 Å². The summed E-state index contributed by atoms with van der Waals surface area (Å²) in [6.45, 7) is 0. The van der Waals surface area contributed by atoms with Gasteiger partial charge >= 0.3 is 0 Å². The molecule has 0 fully saturated rings. The normalized spacial score (nSPS) is 11.7. The molecule has 0 aliphatic rings. The first-order valence-corrected chi connectivity index (χ1v) is 3.39. The van der Waals surface area contributed by atoms with E-state index in [0.717, 1.165) is 0 Å². The molecule has 0 amide bonds. The highest BCUT2D eigenvalue weighted by Crippen LogP contribution is 2.04. The molecule has 0 atom stereocenters. The minimum atomic E-state index is 1.43. The lowest BCUT2D eigenvalue weighted by Crippen LogP contribution is -1.34. The summed E-state index contributed by atoms with van der Waals surface area (Å²) in [6.07, 6.45) is 0. The van der Waals surface area contributed by atoms with E-state index in [1.165, 1.54) is 22.8 Å². The topological polar surface area (TPSA) is 0 Å². The lowest BCUT2D eigenvalue weighted by Gasteiger charge is -1.71. The van der Waals surface area contributed by atoms with Gasteiger partial charge < -0.3 is 0 Å². The van der Waals surface area contributed by atoms with E-state index in [4.69, 9.17) is 23.2 Å². The Balaban J connectivity index is 2.98. The van der Waals surface area contributed by atoms with E-state index in [1.54, 1.807) is 10.8 Å². The average Bonchev–Trinajstić information content (AvgIpc) is 1.69.